The highest BCUT2D eigenvalue weighted by Gasteiger charge is 2.21. The monoisotopic (exact) mass is 449 g/mol. The SMILES string of the molecule is [2H]C([2H])([2H])NC(=O)c1cncc(-c2cnn3cc(-c4ccn(C(C)C)n4)c(N[C@H]4CCOC4)nc23)c1. The summed E-state index contributed by atoms with van der Waals surface area (Å²) in [5.74, 6) is -0.0848. The average molecular weight is 450 g/mol. The fourth-order valence-corrected chi connectivity index (χ4v) is 3.81. The third-order valence-corrected chi connectivity index (χ3v) is 5.60. The Labute approximate surface area is 195 Å². The van der Waals surface area contributed by atoms with Crippen molar-refractivity contribution in [3.63, 3.8) is 0 Å². The van der Waals surface area contributed by atoms with Gasteiger partial charge in [-0.2, -0.15) is 10.2 Å². The Hall–Kier alpha value is -3.79. The number of carbonyl (C=O) groups excluding carboxylic acids is 1. The van der Waals surface area contributed by atoms with E-state index < -0.39 is 12.9 Å². The van der Waals surface area contributed by atoms with E-state index in [4.69, 9.17) is 18.9 Å². The molecule has 1 amide bonds. The number of rotatable bonds is 6. The van der Waals surface area contributed by atoms with Crippen LogP contribution in [0.4, 0.5) is 5.82 Å². The first-order valence-corrected chi connectivity index (χ1v) is 10.7. The van der Waals surface area contributed by atoms with Crippen LogP contribution < -0.4 is 10.6 Å². The molecular weight excluding hydrogens is 420 g/mol. The zero-order valence-electron chi connectivity index (χ0n) is 21.3. The minimum atomic E-state index is -2.59. The molecule has 1 aliphatic heterocycles. The molecule has 0 aliphatic carbocycles. The highest BCUT2D eigenvalue weighted by atomic mass is 16.5. The van der Waals surface area contributed by atoms with Crippen LogP contribution in [0.2, 0.25) is 0 Å². The predicted octanol–water partition coefficient (Wildman–Crippen LogP) is 2.80. The molecule has 4 aromatic rings. The van der Waals surface area contributed by atoms with Crippen molar-refractivity contribution in [2.24, 2.45) is 0 Å². The van der Waals surface area contributed by atoms with Gasteiger partial charge in [0.05, 0.1) is 35.7 Å². The quantitative estimate of drug-likeness (QED) is 0.466. The van der Waals surface area contributed by atoms with Gasteiger partial charge >= 0.3 is 0 Å². The fraction of sp³-hybridized carbons (Fsp3) is 0.348. The van der Waals surface area contributed by atoms with Crippen LogP contribution >= 0.6 is 0 Å². The topological polar surface area (TPSA) is 111 Å². The van der Waals surface area contributed by atoms with Crippen molar-refractivity contribution < 1.29 is 13.6 Å². The predicted molar refractivity (Wildman–Crippen MR) is 124 cm³/mol. The number of aromatic nitrogens is 6. The summed E-state index contributed by atoms with van der Waals surface area (Å²) in [6.45, 7) is 2.80. The van der Waals surface area contributed by atoms with Gasteiger partial charge in [-0.25, -0.2) is 9.50 Å². The third-order valence-electron chi connectivity index (χ3n) is 5.60. The van der Waals surface area contributed by atoms with Crippen LogP contribution in [-0.2, 0) is 4.74 Å². The lowest BCUT2D eigenvalue weighted by molar-refractivity contribution is 0.0962. The average Bonchev–Trinajstić information content (AvgIpc) is 3.58. The van der Waals surface area contributed by atoms with Gasteiger partial charge in [0.15, 0.2) is 5.65 Å². The first-order chi connectivity index (χ1) is 17.2. The highest BCUT2D eigenvalue weighted by molar-refractivity contribution is 5.95. The van der Waals surface area contributed by atoms with Crippen molar-refractivity contribution in [1.82, 2.24) is 34.7 Å². The Morgan fingerprint density at radius 2 is 2.21 bits per heavy atom. The molecule has 0 unspecified atom stereocenters. The maximum Gasteiger partial charge on any atom is 0.252 e. The highest BCUT2D eigenvalue weighted by Crippen LogP contribution is 2.31. The lowest BCUT2D eigenvalue weighted by atomic mass is 10.1. The first kappa shape index (κ1) is 17.7. The summed E-state index contributed by atoms with van der Waals surface area (Å²) in [6.07, 6.45) is 9.21. The van der Waals surface area contributed by atoms with Crippen molar-refractivity contribution >= 4 is 17.4 Å². The summed E-state index contributed by atoms with van der Waals surface area (Å²) >= 11 is 0. The van der Waals surface area contributed by atoms with Crippen molar-refractivity contribution in [2.45, 2.75) is 32.4 Å². The van der Waals surface area contributed by atoms with Crippen LogP contribution in [0.5, 0.6) is 0 Å². The third kappa shape index (κ3) is 4.05. The Morgan fingerprint density at radius 1 is 1.30 bits per heavy atom. The zero-order chi connectivity index (χ0) is 25.4. The van der Waals surface area contributed by atoms with Gasteiger partial charge in [-0.05, 0) is 32.4 Å². The molecule has 10 nitrogen and oxygen atoms in total. The standard InChI is InChI=1S/C23H26N8O2/c1-14(2)30-6-4-20(29-30)19-12-31-22(28-21(19)27-17-5-7-33-13-17)18(11-26-31)15-8-16(10-25-9-15)23(32)24-3/h4,6,8-12,14,17H,5,7,13H2,1-3H3,(H,24,32)(H,27,28)/t17-/m0/s1/i3D3. The van der Waals surface area contributed by atoms with E-state index >= 15 is 0 Å². The van der Waals surface area contributed by atoms with Gasteiger partial charge in [-0.15, -0.1) is 0 Å². The van der Waals surface area contributed by atoms with Gasteiger partial charge in [0, 0.05) is 59.7 Å². The molecule has 10 heteroatoms. The summed E-state index contributed by atoms with van der Waals surface area (Å²) in [5.41, 5.74) is 3.48. The summed E-state index contributed by atoms with van der Waals surface area (Å²) < 4.78 is 30.9. The van der Waals surface area contributed by atoms with Crippen molar-refractivity contribution in [1.29, 1.82) is 0 Å². The second kappa shape index (κ2) is 8.62. The van der Waals surface area contributed by atoms with E-state index in [9.17, 15) is 4.79 Å². The summed E-state index contributed by atoms with van der Waals surface area (Å²) in [5, 5.41) is 14.7. The number of nitrogens with zero attached hydrogens (tertiary/aromatic N) is 6. The number of pyridine rings is 1. The molecule has 0 aromatic carbocycles. The van der Waals surface area contributed by atoms with Gasteiger partial charge < -0.3 is 15.4 Å². The second-order valence-electron chi connectivity index (χ2n) is 8.23. The van der Waals surface area contributed by atoms with Gasteiger partial charge in [-0.3, -0.25) is 14.5 Å². The van der Waals surface area contributed by atoms with E-state index in [-0.39, 0.29) is 17.6 Å². The molecule has 0 bridgehead atoms. The van der Waals surface area contributed by atoms with E-state index in [1.807, 2.05) is 28.5 Å². The van der Waals surface area contributed by atoms with E-state index in [1.54, 1.807) is 23.0 Å². The molecule has 0 radical (unpaired) electrons. The number of anilines is 1. The molecule has 1 aliphatic rings. The Bertz CT molecular complexity index is 1410. The van der Waals surface area contributed by atoms with E-state index in [0.717, 1.165) is 17.7 Å². The summed E-state index contributed by atoms with van der Waals surface area (Å²) in [7, 11) is 0. The smallest absolute Gasteiger partial charge is 0.252 e. The van der Waals surface area contributed by atoms with Gasteiger partial charge in [0.25, 0.3) is 5.91 Å². The molecule has 5 heterocycles. The molecule has 2 N–H and O–H groups in total. The molecule has 0 saturated carbocycles. The molecule has 1 atom stereocenters. The molecule has 4 aromatic heterocycles. The van der Waals surface area contributed by atoms with Crippen LogP contribution in [0, 0.1) is 0 Å². The zero-order valence-corrected chi connectivity index (χ0v) is 18.3. The number of ether oxygens (including phenoxy) is 1. The molecule has 170 valence electrons. The summed E-state index contributed by atoms with van der Waals surface area (Å²) in [6, 6.07) is 3.85. The number of carbonyl (C=O) groups is 1. The number of amides is 1. The maximum absolute atomic E-state index is 12.4. The second-order valence-corrected chi connectivity index (χ2v) is 8.23. The van der Waals surface area contributed by atoms with Crippen molar-refractivity contribution in [3.8, 4) is 22.4 Å². The van der Waals surface area contributed by atoms with Gasteiger partial charge in [0.1, 0.15) is 5.82 Å². The van der Waals surface area contributed by atoms with Gasteiger partial charge in [-0.1, -0.05) is 0 Å². The maximum atomic E-state index is 12.4. The number of hydrogen-bond acceptors (Lipinski definition) is 7. The molecule has 5 rings (SSSR count). The Morgan fingerprint density at radius 3 is 2.97 bits per heavy atom. The van der Waals surface area contributed by atoms with E-state index in [2.05, 4.69) is 29.2 Å². The molecule has 0 spiro atoms. The molecule has 33 heavy (non-hydrogen) atoms. The van der Waals surface area contributed by atoms with E-state index in [0.29, 0.717) is 35.8 Å². The van der Waals surface area contributed by atoms with E-state index in [1.165, 1.54) is 6.20 Å². The number of fused-ring (bicyclic) bond motifs is 1. The van der Waals surface area contributed by atoms with Crippen LogP contribution in [0.3, 0.4) is 0 Å². The largest absolute Gasteiger partial charge is 0.379 e. The fourth-order valence-electron chi connectivity index (χ4n) is 3.81. The lowest BCUT2D eigenvalue weighted by Gasteiger charge is -2.15. The first-order valence-electron chi connectivity index (χ1n) is 12.2. The van der Waals surface area contributed by atoms with Crippen LogP contribution in [-0.4, -0.2) is 61.5 Å². The molecule has 1 saturated heterocycles. The summed E-state index contributed by atoms with van der Waals surface area (Å²) in [4.78, 5) is 21.4. The normalized spacial score (nSPS) is 17.7. The van der Waals surface area contributed by atoms with Gasteiger partial charge in [0.2, 0.25) is 0 Å². The minimum absolute atomic E-state index is 0.117. The molecule has 1 fully saturated rings. The van der Waals surface area contributed by atoms with Crippen molar-refractivity contribution in [2.75, 3.05) is 25.5 Å². The lowest BCUT2D eigenvalue weighted by Crippen LogP contribution is -2.20. The van der Waals surface area contributed by atoms with Crippen LogP contribution in [0.1, 0.15) is 40.8 Å². The Kier molecular flexibility index (Phi) is 4.63. The minimum Gasteiger partial charge on any atom is -0.379 e. The number of hydrogen-bond donors (Lipinski definition) is 2. The van der Waals surface area contributed by atoms with Crippen molar-refractivity contribution in [3.05, 3.63) is 48.7 Å². The number of nitrogens with one attached hydrogen (secondary N) is 2. The molecular formula is C23H26N8O2. The van der Waals surface area contributed by atoms with Crippen LogP contribution in [0.15, 0.2) is 43.1 Å². The van der Waals surface area contributed by atoms with Crippen LogP contribution in [0.25, 0.3) is 28.0 Å². The Balaban J connectivity index is 1.57.